The second-order valence-electron chi connectivity index (χ2n) is 1.94. The van der Waals surface area contributed by atoms with Crippen LogP contribution in [0.1, 0.15) is 6.92 Å². The largest absolute Gasteiger partial charge is 0.663 e. The molecule has 1 aliphatic heterocycles. The molecule has 0 radical (unpaired) electrons. The van der Waals surface area contributed by atoms with Gasteiger partial charge in [-0.05, 0) is 13.0 Å². The molecule has 1 aliphatic rings. The van der Waals surface area contributed by atoms with E-state index >= 15 is 0 Å². The van der Waals surface area contributed by atoms with E-state index in [0.717, 1.165) is 5.57 Å². The van der Waals surface area contributed by atoms with Crippen LogP contribution in [0.15, 0.2) is 35.2 Å². The Kier molecular flexibility index (Phi) is 1.63. The Morgan fingerprint density at radius 1 is 1.67 bits per heavy atom. The van der Waals surface area contributed by atoms with E-state index in [4.69, 9.17) is 11.6 Å². The number of hydrogen-bond acceptors (Lipinski definition) is 0. The summed E-state index contributed by atoms with van der Waals surface area (Å²) in [6.45, 7) is 5.56. The van der Waals surface area contributed by atoms with Gasteiger partial charge < -0.3 is 5.32 Å². The first-order chi connectivity index (χ1) is 4.20. The average molecular weight is 141 g/mol. The van der Waals surface area contributed by atoms with Crippen LogP contribution in [0.25, 0.3) is 5.32 Å². The monoisotopic (exact) mass is 140 g/mol. The SMILES string of the molecule is C=C1[N-]C=C(C)C=C1Cl. The molecule has 0 spiro atoms. The maximum Gasteiger partial charge on any atom is 0.0255 e. The molecule has 0 N–H and O–H groups in total. The number of allylic oxidation sites excluding steroid dienone is 3. The van der Waals surface area contributed by atoms with E-state index in [1.54, 1.807) is 6.20 Å². The van der Waals surface area contributed by atoms with Crippen molar-refractivity contribution >= 4 is 11.6 Å². The van der Waals surface area contributed by atoms with Crippen LogP contribution in [-0.4, -0.2) is 0 Å². The van der Waals surface area contributed by atoms with Crippen molar-refractivity contribution in [2.24, 2.45) is 0 Å². The van der Waals surface area contributed by atoms with Gasteiger partial charge in [0, 0.05) is 5.03 Å². The van der Waals surface area contributed by atoms with Gasteiger partial charge in [-0.1, -0.05) is 17.2 Å². The van der Waals surface area contributed by atoms with Gasteiger partial charge in [0.2, 0.25) is 0 Å². The highest BCUT2D eigenvalue weighted by atomic mass is 35.5. The smallest absolute Gasteiger partial charge is 0.0255 e. The lowest BCUT2D eigenvalue weighted by Gasteiger charge is -2.24. The Morgan fingerprint density at radius 2 is 2.33 bits per heavy atom. The van der Waals surface area contributed by atoms with Gasteiger partial charge in [-0.15, -0.1) is 12.3 Å². The lowest BCUT2D eigenvalue weighted by Crippen LogP contribution is -1.84. The van der Waals surface area contributed by atoms with Gasteiger partial charge in [0.05, 0.1) is 0 Å². The standard InChI is InChI=1S/C7H7ClN/c1-5-3-7(8)6(2)9-4-5/h3-4H,2H2,1H3/q-1. The third-order valence-electron chi connectivity index (χ3n) is 1.05. The highest BCUT2D eigenvalue weighted by Gasteiger charge is 1.92. The molecule has 2 heteroatoms. The molecule has 48 valence electrons. The van der Waals surface area contributed by atoms with E-state index < -0.39 is 0 Å². The second kappa shape index (κ2) is 2.28. The molecule has 0 amide bonds. The van der Waals surface area contributed by atoms with Crippen LogP contribution in [0.5, 0.6) is 0 Å². The fraction of sp³-hybridized carbons (Fsp3) is 0.143. The van der Waals surface area contributed by atoms with E-state index in [0.29, 0.717) is 10.7 Å². The first-order valence-electron chi connectivity index (χ1n) is 2.64. The summed E-state index contributed by atoms with van der Waals surface area (Å²) in [5.74, 6) is 0. The van der Waals surface area contributed by atoms with Crippen LogP contribution in [0.2, 0.25) is 0 Å². The molecule has 9 heavy (non-hydrogen) atoms. The molecule has 0 saturated heterocycles. The first kappa shape index (κ1) is 6.43. The van der Waals surface area contributed by atoms with Gasteiger partial charge in [-0.25, -0.2) is 0 Å². The maximum absolute atomic E-state index is 5.69. The summed E-state index contributed by atoms with van der Waals surface area (Å²) in [7, 11) is 0. The predicted molar refractivity (Wildman–Crippen MR) is 40.2 cm³/mol. The van der Waals surface area contributed by atoms with Crippen molar-refractivity contribution in [2.45, 2.75) is 6.92 Å². The normalized spacial score (nSPS) is 18.2. The third-order valence-corrected chi connectivity index (χ3v) is 1.38. The van der Waals surface area contributed by atoms with Gasteiger partial charge in [0.1, 0.15) is 0 Å². The minimum absolute atomic E-state index is 0.634. The van der Waals surface area contributed by atoms with Crippen molar-refractivity contribution in [3.63, 3.8) is 0 Å². The Morgan fingerprint density at radius 3 is 2.78 bits per heavy atom. The number of rotatable bonds is 0. The summed E-state index contributed by atoms with van der Waals surface area (Å²) in [6.07, 6.45) is 3.59. The van der Waals surface area contributed by atoms with Gasteiger partial charge in [-0.3, -0.25) is 0 Å². The van der Waals surface area contributed by atoms with Gasteiger partial charge in [0.25, 0.3) is 0 Å². The zero-order chi connectivity index (χ0) is 6.85. The second-order valence-corrected chi connectivity index (χ2v) is 2.35. The molecule has 0 unspecified atom stereocenters. The van der Waals surface area contributed by atoms with Crippen molar-refractivity contribution in [3.8, 4) is 0 Å². The van der Waals surface area contributed by atoms with Crippen LogP contribution in [0.4, 0.5) is 0 Å². The van der Waals surface area contributed by atoms with Crippen LogP contribution in [-0.2, 0) is 0 Å². The number of hydrogen-bond donors (Lipinski definition) is 0. The van der Waals surface area contributed by atoms with Gasteiger partial charge >= 0.3 is 0 Å². The fourth-order valence-corrected chi connectivity index (χ4v) is 0.783. The molecule has 0 aromatic rings. The molecular formula is C7H7ClN-. The van der Waals surface area contributed by atoms with Crippen molar-refractivity contribution in [1.82, 2.24) is 0 Å². The quantitative estimate of drug-likeness (QED) is 0.491. The molecule has 1 heterocycles. The van der Waals surface area contributed by atoms with Crippen molar-refractivity contribution in [3.05, 3.63) is 40.5 Å². The highest BCUT2D eigenvalue weighted by Crippen LogP contribution is 2.25. The summed E-state index contributed by atoms with van der Waals surface area (Å²) < 4.78 is 0. The van der Waals surface area contributed by atoms with E-state index in [9.17, 15) is 0 Å². The van der Waals surface area contributed by atoms with E-state index in [2.05, 4.69) is 11.9 Å². The predicted octanol–water partition coefficient (Wildman–Crippen LogP) is 2.91. The van der Waals surface area contributed by atoms with Gasteiger partial charge in [0.15, 0.2) is 0 Å². The zero-order valence-electron chi connectivity index (χ0n) is 5.19. The summed E-state index contributed by atoms with van der Waals surface area (Å²) in [6, 6.07) is 0. The molecule has 1 rings (SSSR count). The highest BCUT2D eigenvalue weighted by molar-refractivity contribution is 6.32. The minimum Gasteiger partial charge on any atom is -0.663 e. The molecule has 0 atom stereocenters. The van der Waals surface area contributed by atoms with Crippen LogP contribution in [0.3, 0.4) is 0 Å². The molecule has 0 saturated carbocycles. The van der Waals surface area contributed by atoms with Crippen LogP contribution < -0.4 is 0 Å². The topological polar surface area (TPSA) is 14.1 Å². The van der Waals surface area contributed by atoms with Gasteiger partial charge in [-0.2, -0.15) is 6.20 Å². The molecule has 0 aromatic heterocycles. The Hall–Kier alpha value is -0.690. The lowest BCUT2D eigenvalue weighted by atomic mass is 10.2. The van der Waals surface area contributed by atoms with Crippen LogP contribution in [0, 0.1) is 0 Å². The molecule has 0 aliphatic carbocycles. The first-order valence-corrected chi connectivity index (χ1v) is 3.02. The lowest BCUT2D eigenvalue weighted by molar-refractivity contribution is 1.41. The number of halogens is 1. The summed E-state index contributed by atoms with van der Waals surface area (Å²) in [5, 5.41) is 4.57. The maximum atomic E-state index is 5.69. The van der Waals surface area contributed by atoms with E-state index in [1.165, 1.54) is 0 Å². The third kappa shape index (κ3) is 1.36. The summed E-state index contributed by atoms with van der Waals surface area (Å²) in [4.78, 5) is 0. The Bertz CT molecular complexity index is 201. The molecule has 0 aromatic carbocycles. The Balaban J connectivity index is 2.87. The van der Waals surface area contributed by atoms with Crippen molar-refractivity contribution in [2.75, 3.05) is 0 Å². The molecule has 0 fully saturated rings. The zero-order valence-corrected chi connectivity index (χ0v) is 5.94. The number of nitrogens with zero attached hydrogens (tertiary/aromatic N) is 1. The summed E-state index contributed by atoms with van der Waals surface area (Å²) >= 11 is 5.69. The van der Waals surface area contributed by atoms with E-state index in [1.807, 2.05) is 13.0 Å². The van der Waals surface area contributed by atoms with Crippen molar-refractivity contribution < 1.29 is 0 Å². The fourth-order valence-electron chi connectivity index (χ4n) is 0.562. The molecule has 0 bridgehead atoms. The minimum atomic E-state index is 0.634. The van der Waals surface area contributed by atoms with Crippen molar-refractivity contribution in [1.29, 1.82) is 0 Å². The van der Waals surface area contributed by atoms with Crippen LogP contribution >= 0.6 is 11.6 Å². The Labute approximate surface area is 59.7 Å². The average Bonchev–Trinajstić information content (AvgIpc) is 1.80. The molecule has 1 nitrogen and oxygen atoms in total. The molecular weight excluding hydrogens is 134 g/mol. The summed E-state index contributed by atoms with van der Waals surface area (Å²) in [5.41, 5.74) is 1.70. The van der Waals surface area contributed by atoms with E-state index in [-0.39, 0.29) is 0 Å².